The molecular weight excluding hydrogens is 383 g/mol. The number of alkyl halides is 5. The fraction of sp³-hybridized carbons (Fsp3) is 0.188. The minimum atomic E-state index is -4.64. The van der Waals surface area contributed by atoms with Gasteiger partial charge in [0.1, 0.15) is 5.75 Å². The molecule has 0 unspecified atom stereocenters. The summed E-state index contributed by atoms with van der Waals surface area (Å²) >= 11 is 5.50. The molecule has 0 atom stereocenters. The van der Waals surface area contributed by atoms with Crippen LogP contribution in [-0.4, -0.2) is 19.1 Å². The number of ether oxygens (including phenoxy) is 1. The maximum Gasteiger partial charge on any atom is 0.417 e. The summed E-state index contributed by atoms with van der Waals surface area (Å²) in [4.78, 5) is 11.8. The van der Waals surface area contributed by atoms with Crippen LogP contribution in [0.4, 0.5) is 33.3 Å². The molecule has 2 N–H and O–H groups in total. The lowest BCUT2D eigenvalue weighted by Gasteiger charge is -2.12. The zero-order chi connectivity index (χ0) is 19.3. The monoisotopic (exact) mass is 394 g/mol. The van der Waals surface area contributed by atoms with Gasteiger partial charge in [-0.1, -0.05) is 11.6 Å². The van der Waals surface area contributed by atoms with Crippen molar-refractivity contribution in [3.63, 3.8) is 0 Å². The van der Waals surface area contributed by atoms with Crippen molar-refractivity contribution in [1.29, 1.82) is 0 Å². The number of hydrogen-bond acceptors (Lipinski definition) is 3. The van der Waals surface area contributed by atoms with Crippen LogP contribution in [0.2, 0.25) is 5.02 Å². The van der Waals surface area contributed by atoms with E-state index in [9.17, 15) is 26.7 Å². The summed E-state index contributed by atoms with van der Waals surface area (Å²) in [6.07, 6.45) is -4.64. The highest BCUT2D eigenvalue weighted by atomic mass is 35.5. The molecule has 0 heterocycles. The summed E-state index contributed by atoms with van der Waals surface area (Å²) < 4.78 is 66.6. The SMILES string of the molecule is O=C(CNc1ccc(OC(F)F)cc1)Nc1ccc(Cl)c(C(F)(F)F)c1. The summed E-state index contributed by atoms with van der Waals surface area (Å²) in [7, 11) is 0. The van der Waals surface area contributed by atoms with Crippen LogP contribution < -0.4 is 15.4 Å². The van der Waals surface area contributed by atoms with Crippen LogP contribution in [0, 0.1) is 0 Å². The van der Waals surface area contributed by atoms with Gasteiger partial charge in [0.15, 0.2) is 0 Å². The lowest BCUT2D eigenvalue weighted by atomic mass is 10.2. The molecule has 0 radical (unpaired) electrons. The number of hydrogen-bond donors (Lipinski definition) is 2. The molecule has 0 fully saturated rings. The second kappa shape index (κ2) is 8.22. The van der Waals surface area contributed by atoms with Crippen LogP contribution in [0.1, 0.15) is 5.56 Å². The smallest absolute Gasteiger partial charge is 0.417 e. The summed E-state index contributed by atoms with van der Waals surface area (Å²) in [5.74, 6) is -0.649. The summed E-state index contributed by atoms with van der Waals surface area (Å²) in [5.41, 5.74) is -0.678. The van der Waals surface area contributed by atoms with Crippen molar-refractivity contribution in [2.45, 2.75) is 12.8 Å². The number of benzene rings is 2. The first kappa shape index (κ1) is 19.8. The molecule has 140 valence electrons. The number of carbonyl (C=O) groups excluding carboxylic acids is 1. The van der Waals surface area contributed by atoms with E-state index < -0.39 is 29.3 Å². The third kappa shape index (κ3) is 5.76. The highest BCUT2D eigenvalue weighted by Gasteiger charge is 2.33. The first-order chi connectivity index (χ1) is 12.1. The zero-order valence-corrected chi connectivity index (χ0v) is 13.7. The maximum atomic E-state index is 12.8. The molecule has 26 heavy (non-hydrogen) atoms. The molecule has 10 heteroatoms. The van der Waals surface area contributed by atoms with Crippen LogP contribution in [-0.2, 0) is 11.0 Å². The fourth-order valence-electron chi connectivity index (χ4n) is 1.96. The van der Waals surface area contributed by atoms with Crippen molar-refractivity contribution in [3.8, 4) is 5.75 Å². The van der Waals surface area contributed by atoms with Gasteiger partial charge in [-0.25, -0.2) is 0 Å². The summed E-state index contributed by atoms with van der Waals surface area (Å²) in [6.45, 7) is -3.19. The topological polar surface area (TPSA) is 50.4 Å². The van der Waals surface area contributed by atoms with Crippen LogP contribution in [0.15, 0.2) is 42.5 Å². The van der Waals surface area contributed by atoms with E-state index in [-0.39, 0.29) is 18.0 Å². The van der Waals surface area contributed by atoms with E-state index in [1.54, 1.807) is 0 Å². The average molecular weight is 395 g/mol. The average Bonchev–Trinajstić information content (AvgIpc) is 2.54. The van der Waals surface area contributed by atoms with E-state index in [2.05, 4.69) is 15.4 Å². The predicted molar refractivity (Wildman–Crippen MR) is 86.6 cm³/mol. The van der Waals surface area contributed by atoms with Crippen molar-refractivity contribution in [2.75, 3.05) is 17.2 Å². The maximum absolute atomic E-state index is 12.8. The Bertz CT molecular complexity index is 766. The molecule has 0 bridgehead atoms. The standard InChI is InChI=1S/C16H12ClF5N2O2/c17-13-6-3-10(7-12(13)16(20,21)22)24-14(25)8-23-9-1-4-11(5-2-9)26-15(18)19/h1-7,15,23H,8H2,(H,24,25). The zero-order valence-electron chi connectivity index (χ0n) is 12.9. The third-order valence-corrected chi connectivity index (χ3v) is 3.42. The van der Waals surface area contributed by atoms with E-state index >= 15 is 0 Å². The van der Waals surface area contributed by atoms with Gasteiger partial charge < -0.3 is 15.4 Å². The van der Waals surface area contributed by atoms with Gasteiger partial charge in [0.05, 0.1) is 17.1 Å². The van der Waals surface area contributed by atoms with Gasteiger partial charge in [-0.2, -0.15) is 22.0 Å². The Morgan fingerprint density at radius 2 is 1.69 bits per heavy atom. The van der Waals surface area contributed by atoms with Crippen LogP contribution in [0.5, 0.6) is 5.75 Å². The number of anilines is 2. The number of rotatable bonds is 6. The second-order valence-electron chi connectivity index (χ2n) is 5.00. The molecule has 2 aromatic rings. The molecule has 0 aliphatic carbocycles. The predicted octanol–water partition coefficient (Wildman–Crippen LogP) is 5.01. The van der Waals surface area contributed by atoms with E-state index in [1.807, 2.05) is 0 Å². The van der Waals surface area contributed by atoms with E-state index in [0.717, 1.165) is 12.1 Å². The van der Waals surface area contributed by atoms with E-state index in [1.165, 1.54) is 30.3 Å². The molecule has 1 amide bonds. The highest BCUT2D eigenvalue weighted by Crippen LogP contribution is 2.36. The van der Waals surface area contributed by atoms with Gasteiger partial charge in [-0.05, 0) is 42.5 Å². The highest BCUT2D eigenvalue weighted by molar-refractivity contribution is 6.31. The molecule has 2 aromatic carbocycles. The van der Waals surface area contributed by atoms with Crippen LogP contribution in [0.25, 0.3) is 0 Å². The lowest BCUT2D eigenvalue weighted by molar-refractivity contribution is -0.137. The van der Waals surface area contributed by atoms with Crippen molar-refractivity contribution in [2.24, 2.45) is 0 Å². The van der Waals surface area contributed by atoms with Crippen molar-refractivity contribution >= 4 is 28.9 Å². The Balaban J connectivity index is 1.93. The van der Waals surface area contributed by atoms with Crippen LogP contribution >= 0.6 is 11.6 Å². The number of amides is 1. The van der Waals surface area contributed by atoms with Gasteiger partial charge in [0, 0.05) is 11.4 Å². The molecule has 0 saturated heterocycles. The molecule has 4 nitrogen and oxygen atoms in total. The fourth-order valence-corrected chi connectivity index (χ4v) is 2.19. The minimum absolute atomic E-state index is 0.0455. The number of nitrogens with one attached hydrogen (secondary N) is 2. The Morgan fingerprint density at radius 1 is 1.08 bits per heavy atom. The Labute approximate surface area is 149 Å². The van der Waals surface area contributed by atoms with Gasteiger partial charge in [-0.15, -0.1) is 0 Å². The molecule has 2 rings (SSSR count). The first-order valence-corrected chi connectivity index (χ1v) is 7.48. The molecular formula is C16H12ClF5N2O2. The van der Waals surface area contributed by atoms with Crippen molar-refractivity contribution in [1.82, 2.24) is 0 Å². The van der Waals surface area contributed by atoms with Crippen molar-refractivity contribution < 1.29 is 31.5 Å². The summed E-state index contributed by atoms with van der Waals surface area (Å²) in [6, 6.07) is 8.39. The normalized spacial score (nSPS) is 11.3. The molecule has 0 aromatic heterocycles. The minimum Gasteiger partial charge on any atom is -0.435 e. The second-order valence-corrected chi connectivity index (χ2v) is 5.40. The molecule has 0 spiro atoms. The largest absolute Gasteiger partial charge is 0.435 e. The Kier molecular flexibility index (Phi) is 6.25. The van der Waals surface area contributed by atoms with Gasteiger partial charge in [-0.3, -0.25) is 4.79 Å². The van der Waals surface area contributed by atoms with Gasteiger partial charge >= 0.3 is 12.8 Å². The summed E-state index contributed by atoms with van der Waals surface area (Å²) in [5, 5.41) is 4.53. The van der Waals surface area contributed by atoms with Crippen molar-refractivity contribution in [3.05, 3.63) is 53.1 Å². The lowest BCUT2D eigenvalue weighted by Crippen LogP contribution is -2.22. The van der Waals surface area contributed by atoms with E-state index in [0.29, 0.717) is 5.69 Å². The number of halogens is 6. The third-order valence-electron chi connectivity index (χ3n) is 3.09. The Hall–Kier alpha value is -2.55. The Morgan fingerprint density at radius 3 is 2.27 bits per heavy atom. The first-order valence-electron chi connectivity index (χ1n) is 7.10. The van der Waals surface area contributed by atoms with E-state index in [4.69, 9.17) is 11.6 Å². The molecule has 0 aliphatic heterocycles. The quantitative estimate of drug-likeness (QED) is 0.677. The van der Waals surface area contributed by atoms with Crippen LogP contribution in [0.3, 0.4) is 0 Å². The van der Waals surface area contributed by atoms with Gasteiger partial charge in [0.2, 0.25) is 5.91 Å². The molecule has 0 saturated carbocycles. The number of carbonyl (C=O) groups is 1. The molecule has 0 aliphatic rings. The van der Waals surface area contributed by atoms with Gasteiger partial charge in [0.25, 0.3) is 0 Å².